The van der Waals surface area contributed by atoms with Crippen LogP contribution >= 0.6 is 11.6 Å². The van der Waals surface area contributed by atoms with E-state index in [2.05, 4.69) is 15.5 Å². The molecular formula is C20H23ClN4O2. The molecule has 3 rings (SSSR count). The summed E-state index contributed by atoms with van der Waals surface area (Å²) in [4.78, 5) is 27.6. The summed E-state index contributed by atoms with van der Waals surface area (Å²) in [5.74, 6) is -0.124. The van der Waals surface area contributed by atoms with E-state index in [1.165, 1.54) is 6.92 Å². The number of piperazine rings is 1. The zero-order valence-electron chi connectivity index (χ0n) is 15.5. The monoisotopic (exact) mass is 386 g/mol. The van der Waals surface area contributed by atoms with E-state index in [0.717, 1.165) is 29.4 Å². The van der Waals surface area contributed by atoms with Crippen LogP contribution in [0.25, 0.3) is 0 Å². The topological polar surface area (TPSA) is 64.7 Å². The average molecular weight is 387 g/mol. The van der Waals surface area contributed by atoms with E-state index in [9.17, 15) is 9.59 Å². The van der Waals surface area contributed by atoms with Crippen LogP contribution in [0.4, 0.5) is 21.9 Å². The van der Waals surface area contributed by atoms with Crippen LogP contribution in [0.3, 0.4) is 0 Å². The van der Waals surface area contributed by atoms with Gasteiger partial charge in [-0.3, -0.25) is 4.79 Å². The van der Waals surface area contributed by atoms with E-state index in [1.54, 1.807) is 24.3 Å². The Labute approximate surface area is 164 Å². The summed E-state index contributed by atoms with van der Waals surface area (Å²) >= 11 is 6.03. The Hall–Kier alpha value is -2.73. The number of carbonyl (C=O) groups excluding carboxylic acids is 2. The molecule has 7 heteroatoms. The van der Waals surface area contributed by atoms with Crippen molar-refractivity contribution in [3.05, 3.63) is 53.1 Å². The molecule has 0 bridgehead atoms. The molecule has 1 heterocycles. The number of hydrogen-bond acceptors (Lipinski definition) is 3. The van der Waals surface area contributed by atoms with Gasteiger partial charge in [-0.1, -0.05) is 11.6 Å². The van der Waals surface area contributed by atoms with Crippen molar-refractivity contribution in [1.29, 1.82) is 0 Å². The van der Waals surface area contributed by atoms with Gasteiger partial charge in [0, 0.05) is 55.2 Å². The molecule has 0 radical (unpaired) electrons. The van der Waals surface area contributed by atoms with Crippen LogP contribution < -0.4 is 15.5 Å². The number of aryl methyl sites for hydroxylation is 1. The molecule has 1 aliphatic rings. The number of nitrogens with one attached hydrogen (secondary N) is 2. The third-order valence-electron chi connectivity index (χ3n) is 4.52. The van der Waals surface area contributed by atoms with Crippen molar-refractivity contribution in [3.8, 4) is 0 Å². The summed E-state index contributed by atoms with van der Waals surface area (Å²) in [5, 5.41) is 6.34. The van der Waals surface area contributed by atoms with Gasteiger partial charge in [-0.2, -0.15) is 0 Å². The minimum Gasteiger partial charge on any atom is -0.368 e. The van der Waals surface area contributed by atoms with Crippen LogP contribution in [0, 0.1) is 6.92 Å². The molecule has 6 nitrogen and oxygen atoms in total. The molecule has 0 atom stereocenters. The smallest absolute Gasteiger partial charge is 0.321 e. The van der Waals surface area contributed by atoms with E-state index in [4.69, 9.17) is 11.6 Å². The van der Waals surface area contributed by atoms with Gasteiger partial charge in [0.25, 0.3) is 0 Å². The Bertz CT molecular complexity index is 830. The van der Waals surface area contributed by atoms with E-state index in [0.29, 0.717) is 24.5 Å². The molecule has 0 spiro atoms. The zero-order chi connectivity index (χ0) is 19.4. The molecular weight excluding hydrogens is 364 g/mol. The summed E-state index contributed by atoms with van der Waals surface area (Å²) in [7, 11) is 0. The Morgan fingerprint density at radius 1 is 0.926 bits per heavy atom. The van der Waals surface area contributed by atoms with Gasteiger partial charge < -0.3 is 20.4 Å². The van der Waals surface area contributed by atoms with Gasteiger partial charge in [0.05, 0.1) is 0 Å². The predicted molar refractivity (Wildman–Crippen MR) is 110 cm³/mol. The molecule has 27 heavy (non-hydrogen) atoms. The van der Waals surface area contributed by atoms with Crippen molar-refractivity contribution < 1.29 is 9.59 Å². The fraction of sp³-hybridized carbons (Fsp3) is 0.300. The van der Waals surface area contributed by atoms with Crippen molar-refractivity contribution in [1.82, 2.24) is 4.90 Å². The predicted octanol–water partition coefficient (Wildman–Crippen LogP) is 3.96. The first-order valence-corrected chi connectivity index (χ1v) is 9.25. The van der Waals surface area contributed by atoms with Gasteiger partial charge in [-0.15, -0.1) is 0 Å². The van der Waals surface area contributed by atoms with E-state index < -0.39 is 0 Å². The number of rotatable bonds is 3. The van der Waals surface area contributed by atoms with Gasteiger partial charge >= 0.3 is 6.03 Å². The standard InChI is InChI=1S/C20H23ClN4O2/c1-14-13-16(21)3-8-19(14)24-9-11-25(12-10-24)20(27)23-18-6-4-17(5-7-18)22-15(2)26/h3-8,13H,9-12H2,1-2H3,(H,22,26)(H,23,27). The molecule has 3 amide bonds. The highest BCUT2D eigenvalue weighted by molar-refractivity contribution is 6.30. The maximum absolute atomic E-state index is 12.5. The Morgan fingerprint density at radius 3 is 2.07 bits per heavy atom. The minimum atomic E-state index is -0.124. The molecule has 1 fully saturated rings. The van der Waals surface area contributed by atoms with Gasteiger partial charge in [0.1, 0.15) is 0 Å². The lowest BCUT2D eigenvalue weighted by Gasteiger charge is -2.36. The molecule has 0 aromatic heterocycles. The maximum atomic E-state index is 12.5. The maximum Gasteiger partial charge on any atom is 0.321 e. The van der Waals surface area contributed by atoms with Crippen molar-refractivity contribution >= 4 is 40.6 Å². The largest absolute Gasteiger partial charge is 0.368 e. The minimum absolute atomic E-state index is 0.116. The van der Waals surface area contributed by atoms with Gasteiger partial charge in [0.15, 0.2) is 0 Å². The molecule has 0 saturated carbocycles. The molecule has 0 aliphatic carbocycles. The first kappa shape index (κ1) is 19.0. The molecule has 1 aliphatic heterocycles. The number of urea groups is 1. The van der Waals surface area contributed by atoms with Crippen LogP contribution in [0.15, 0.2) is 42.5 Å². The molecule has 2 aromatic rings. The van der Waals surface area contributed by atoms with E-state index >= 15 is 0 Å². The average Bonchev–Trinajstić information content (AvgIpc) is 2.63. The Morgan fingerprint density at radius 2 is 1.52 bits per heavy atom. The summed E-state index contributed by atoms with van der Waals surface area (Å²) in [6.45, 7) is 6.36. The summed E-state index contributed by atoms with van der Waals surface area (Å²) in [6.07, 6.45) is 0. The number of anilines is 3. The highest BCUT2D eigenvalue weighted by Gasteiger charge is 2.22. The normalized spacial score (nSPS) is 14.0. The van der Waals surface area contributed by atoms with Crippen molar-refractivity contribution in [2.75, 3.05) is 41.7 Å². The second-order valence-corrected chi connectivity index (χ2v) is 7.03. The van der Waals surface area contributed by atoms with Crippen LogP contribution in [0.1, 0.15) is 12.5 Å². The Kier molecular flexibility index (Phi) is 5.86. The highest BCUT2D eigenvalue weighted by atomic mass is 35.5. The number of halogens is 1. The zero-order valence-corrected chi connectivity index (χ0v) is 16.2. The van der Waals surface area contributed by atoms with Gasteiger partial charge in [0.2, 0.25) is 5.91 Å². The van der Waals surface area contributed by atoms with Crippen LogP contribution in [0.2, 0.25) is 5.02 Å². The summed E-state index contributed by atoms with van der Waals surface area (Å²) in [5.41, 5.74) is 3.70. The molecule has 142 valence electrons. The molecule has 2 aromatic carbocycles. The number of nitrogens with zero attached hydrogens (tertiary/aromatic N) is 2. The summed E-state index contributed by atoms with van der Waals surface area (Å²) < 4.78 is 0. The lowest BCUT2D eigenvalue weighted by molar-refractivity contribution is -0.114. The van der Waals surface area contributed by atoms with Crippen LogP contribution in [-0.4, -0.2) is 43.0 Å². The Balaban J connectivity index is 1.54. The second kappa shape index (κ2) is 8.31. The third kappa shape index (κ3) is 4.92. The van der Waals surface area contributed by atoms with Crippen molar-refractivity contribution in [3.63, 3.8) is 0 Å². The van der Waals surface area contributed by atoms with E-state index in [1.807, 2.05) is 30.0 Å². The van der Waals surface area contributed by atoms with Gasteiger partial charge in [-0.25, -0.2) is 4.79 Å². The second-order valence-electron chi connectivity index (χ2n) is 6.59. The first-order valence-electron chi connectivity index (χ1n) is 8.87. The SMILES string of the molecule is CC(=O)Nc1ccc(NC(=O)N2CCN(c3ccc(Cl)cc3C)CC2)cc1. The molecule has 2 N–H and O–H groups in total. The number of benzene rings is 2. The summed E-state index contributed by atoms with van der Waals surface area (Å²) in [6, 6.07) is 12.8. The lowest BCUT2D eigenvalue weighted by atomic mass is 10.1. The fourth-order valence-electron chi connectivity index (χ4n) is 3.17. The quantitative estimate of drug-likeness (QED) is 0.839. The fourth-order valence-corrected chi connectivity index (χ4v) is 3.39. The highest BCUT2D eigenvalue weighted by Crippen LogP contribution is 2.24. The lowest BCUT2D eigenvalue weighted by Crippen LogP contribution is -2.50. The number of hydrogen-bond donors (Lipinski definition) is 2. The van der Waals surface area contributed by atoms with Crippen LogP contribution in [-0.2, 0) is 4.79 Å². The first-order chi connectivity index (χ1) is 12.9. The molecule has 1 saturated heterocycles. The third-order valence-corrected chi connectivity index (χ3v) is 4.76. The number of carbonyl (C=O) groups is 2. The van der Waals surface area contributed by atoms with E-state index in [-0.39, 0.29) is 11.9 Å². The molecule has 0 unspecified atom stereocenters. The van der Waals surface area contributed by atoms with Gasteiger partial charge in [-0.05, 0) is 55.0 Å². The number of amides is 3. The van der Waals surface area contributed by atoms with Crippen molar-refractivity contribution in [2.45, 2.75) is 13.8 Å². The van der Waals surface area contributed by atoms with Crippen LogP contribution in [0.5, 0.6) is 0 Å². The van der Waals surface area contributed by atoms with Crippen molar-refractivity contribution in [2.24, 2.45) is 0 Å².